The van der Waals surface area contributed by atoms with Crippen LogP contribution < -0.4 is 15.6 Å². The van der Waals surface area contributed by atoms with Crippen LogP contribution in [0.15, 0.2) is 27.3 Å². The number of aryl methyl sites for hydroxylation is 1. The lowest BCUT2D eigenvalue weighted by atomic mass is 10.0. The molecule has 4 heterocycles. The molecule has 0 aromatic carbocycles. The maximum absolute atomic E-state index is 13.1. The third-order valence-corrected chi connectivity index (χ3v) is 9.36. The Morgan fingerprint density at radius 1 is 1.35 bits per heavy atom. The third-order valence-electron chi connectivity index (χ3n) is 6.26. The van der Waals surface area contributed by atoms with Crippen LogP contribution in [0.3, 0.4) is 0 Å². The van der Waals surface area contributed by atoms with E-state index in [1.54, 1.807) is 11.3 Å². The first kappa shape index (κ1) is 25.6. The molecule has 1 fully saturated rings. The number of alkyl halides is 1. The van der Waals surface area contributed by atoms with Crippen LogP contribution in [-0.4, -0.2) is 68.9 Å². The van der Waals surface area contributed by atoms with Gasteiger partial charge >= 0.3 is 5.97 Å². The van der Waals surface area contributed by atoms with Crippen LogP contribution in [0.25, 0.3) is 0 Å². The number of thiazole rings is 2. The van der Waals surface area contributed by atoms with Gasteiger partial charge < -0.3 is 21.0 Å². The zero-order valence-electron chi connectivity index (χ0n) is 19.5. The van der Waals surface area contributed by atoms with E-state index < -0.39 is 35.9 Å². The highest BCUT2D eigenvalue weighted by atomic mass is 32.2. The molecule has 37 heavy (non-hydrogen) atoms. The molecule has 2 amide bonds. The summed E-state index contributed by atoms with van der Waals surface area (Å²) >= 11 is 4.16. The quantitative estimate of drug-likeness (QED) is 0.134. The minimum Gasteiger partial charge on any atom is -0.477 e. The van der Waals surface area contributed by atoms with E-state index in [4.69, 9.17) is 10.6 Å². The molecule has 0 unspecified atom stereocenters. The number of carbonyl (C=O) groups is 3. The molecular formula is C22H24FN6O5S3+. The summed E-state index contributed by atoms with van der Waals surface area (Å²) in [6.07, 6.45) is 4.27. The molecule has 1 saturated heterocycles. The number of amides is 2. The van der Waals surface area contributed by atoms with Gasteiger partial charge in [0.15, 0.2) is 23.1 Å². The molecular weight excluding hydrogens is 543 g/mol. The van der Waals surface area contributed by atoms with Gasteiger partial charge in [-0.2, -0.15) is 4.57 Å². The van der Waals surface area contributed by atoms with Crippen LogP contribution in [0.5, 0.6) is 0 Å². The molecule has 2 aromatic rings. The first-order valence-corrected chi connectivity index (χ1v) is 14.4. The number of carboxylic acids is 1. The first-order chi connectivity index (χ1) is 17.9. The number of β-lactam (4-membered cyclic amide) rings is 1. The van der Waals surface area contributed by atoms with E-state index in [-0.39, 0.29) is 28.8 Å². The van der Waals surface area contributed by atoms with Crippen molar-refractivity contribution in [2.45, 2.75) is 43.6 Å². The van der Waals surface area contributed by atoms with Crippen LogP contribution in [0.4, 0.5) is 9.52 Å². The zero-order chi connectivity index (χ0) is 26.1. The highest BCUT2D eigenvalue weighted by molar-refractivity contribution is 8.00. The average molecular weight is 568 g/mol. The number of fused-ring (bicyclic) bond motifs is 2. The molecule has 5 rings (SSSR count). The molecule has 0 radical (unpaired) electrons. The summed E-state index contributed by atoms with van der Waals surface area (Å²) in [7, 11) is 0. The van der Waals surface area contributed by atoms with Crippen molar-refractivity contribution >= 4 is 63.1 Å². The Morgan fingerprint density at radius 3 is 2.89 bits per heavy atom. The summed E-state index contributed by atoms with van der Waals surface area (Å²) in [6, 6.07) is -0.961. The number of halogens is 1. The molecule has 0 saturated carbocycles. The molecule has 11 nitrogen and oxygen atoms in total. The Labute approximate surface area is 223 Å². The van der Waals surface area contributed by atoms with Crippen molar-refractivity contribution in [1.29, 1.82) is 0 Å². The van der Waals surface area contributed by atoms with Gasteiger partial charge in [0.25, 0.3) is 11.8 Å². The maximum Gasteiger partial charge on any atom is 0.352 e. The number of anilines is 1. The van der Waals surface area contributed by atoms with E-state index in [0.717, 1.165) is 37.0 Å². The van der Waals surface area contributed by atoms with Crippen LogP contribution >= 0.6 is 34.4 Å². The zero-order valence-corrected chi connectivity index (χ0v) is 22.0. The molecule has 2 aliphatic heterocycles. The fourth-order valence-corrected chi connectivity index (χ4v) is 7.54. The van der Waals surface area contributed by atoms with E-state index in [1.807, 2.05) is 5.51 Å². The number of carboxylic acid groups (broad SMARTS) is 1. The van der Waals surface area contributed by atoms with Gasteiger partial charge in [-0.15, -0.1) is 23.1 Å². The highest BCUT2D eigenvalue weighted by Gasteiger charge is 2.55. The second-order valence-electron chi connectivity index (χ2n) is 8.58. The van der Waals surface area contributed by atoms with Gasteiger partial charge in [0.05, 0.1) is 4.88 Å². The van der Waals surface area contributed by atoms with Crippen LogP contribution in [0.1, 0.15) is 29.1 Å². The van der Waals surface area contributed by atoms with E-state index in [9.17, 15) is 23.9 Å². The Balaban J connectivity index is 1.34. The Kier molecular flexibility index (Phi) is 7.44. The lowest BCUT2D eigenvalue weighted by molar-refractivity contribution is -0.692. The second-order valence-corrected chi connectivity index (χ2v) is 11.5. The predicted octanol–water partition coefficient (Wildman–Crippen LogP) is 1.08. The lowest BCUT2D eigenvalue weighted by Gasteiger charge is -2.49. The smallest absolute Gasteiger partial charge is 0.352 e. The average Bonchev–Trinajstić information content (AvgIpc) is 3.50. The number of hydrogen-bond donors (Lipinski definition) is 3. The van der Waals surface area contributed by atoms with Gasteiger partial charge in [0.1, 0.15) is 36.1 Å². The molecule has 15 heteroatoms. The number of nitrogen functional groups attached to an aromatic ring is 1. The Bertz CT molecular complexity index is 1310. The van der Waals surface area contributed by atoms with E-state index >= 15 is 0 Å². The largest absolute Gasteiger partial charge is 0.477 e. The molecule has 3 aliphatic rings. The van der Waals surface area contributed by atoms with Gasteiger partial charge in [0, 0.05) is 23.1 Å². The van der Waals surface area contributed by atoms with Gasteiger partial charge in [-0.25, -0.2) is 14.2 Å². The first-order valence-electron chi connectivity index (χ1n) is 11.6. The molecule has 0 spiro atoms. The number of nitrogens with two attached hydrogens (primary N) is 1. The Hall–Kier alpha value is -3.04. The van der Waals surface area contributed by atoms with Gasteiger partial charge in [-0.1, -0.05) is 16.5 Å². The van der Waals surface area contributed by atoms with Crippen molar-refractivity contribution in [3.8, 4) is 0 Å². The maximum atomic E-state index is 13.1. The standard InChI is InChI=1S/C22H23FN6O5S3/c23-5-6-34-27-15(12-9-36-22(24)25-12)18(30)26-16-19(31)29-17(21(32)33)11(8-35-20(16)29)7-28-10-37-14-4-2-1-3-13(14)28/h9-10,16,20H,1-8H2,(H3-,24,25,26,30,32,33)/p+1/b27-15-/t16-,20-/m1/s1. The number of aromatic nitrogens is 2. The van der Waals surface area contributed by atoms with E-state index in [1.165, 1.54) is 32.6 Å². The minimum atomic E-state index is -1.18. The Morgan fingerprint density at radius 2 is 2.16 bits per heavy atom. The second kappa shape index (κ2) is 10.8. The molecule has 2 aromatic heterocycles. The molecule has 4 N–H and O–H groups in total. The van der Waals surface area contributed by atoms with Crippen molar-refractivity contribution < 1.29 is 33.3 Å². The number of nitrogens with one attached hydrogen (secondary N) is 1. The van der Waals surface area contributed by atoms with E-state index in [2.05, 4.69) is 20.0 Å². The van der Waals surface area contributed by atoms with Crippen molar-refractivity contribution in [2.75, 3.05) is 24.8 Å². The number of thioether (sulfide) groups is 1. The van der Waals surface area contributed by atoms with Crippen molar-refractivity contribution in [2.24, 2.45) is 5.16 Å². The topological polar surface area (TPSA) is 151 Å². The van der Waals surface area contributed by atoms with Crippen molar-refractivity contribution in [1.82, 2.24) is 15.2 Å². The number of oxime groups is 1. The normalized spacial score (nSPS) is 21.3. The number of nitrogens with zero attached hydrogens (tertiary/aromatic N) is 4. The van der Waals surface area contributed by atoms with Crippen LogP contribution in [0.2, 0.25) is 0 Å². The van der Waals surface area contributed by atoms with Crippen molar-refractivity contribution in [3.05, 3.63) is 38.4 Å². The fraction of sp³-hybridized carbons (Fsp3) is 0.455. The van der Waals surface area contributed by atoms with Crippen LogP contribution in [-0.2, 0) is 38.6 Å². The summed E-state index contributed by atoms with van der Waals surface area (Å²) in [5.74, 6) is -2.05. The third kappa shape index (κ3) is 4.94. The molecule has 1 aliphatic carbocycles. The predicted molar refractivity (Wildman–Crippen MR) is 136 cm³/mol. The summed E-state index contributed by atoms with van der Waals surface area (Å²) in [6.45, 7) is -0.751. The minimum absolute atomic E-state index is 0.0325. The fourth-order valence-electron chi connectivity index (χ4n) is 4.58. The van der Waals surface area contributed by atoms with Gasteiger partial charge in [-0.3, -0.25) is 14.5 Å². The number of hydrogen-bond acceptors (Lipinski definition) is 10. The summed E-state index contributed by atoms with van der Waals surface area (Å²) < 4.78 is 14.6. The SMILES string of the molecule is Nc1nc(/C(=N/OCCF)C(=O)N[C@@H]2C(=O)N3C(C(=O)O)=C(C[n+]4csc5c4CCCC5)CS[C@H]23)cs1. The van der Waals surface area contributed by atoms with Gasteiger partial charge in [0.2, 0.25) is 5.51 Å². The van der Waals surface area contributed by atoms with Crippen LogP contribution in [0, 0.1) is 0 Å². The molecule has 2 atom stereocenters. The summed E-state index contributed by atoms with van der Waals surface area (Å²) in [5.41, 5.74) is 9.42. The summed E-state index contributed by atoms with van der Waals surface area (Å²) in [5, 5.41) is 17.4. The monoisotopic (exact) mass is 567 g/mol. The number of rotatable bonds is 9. The van der Waals surface area contributed by atoms with E-state index in [0.29, 0.717) is 17.9 Å². The molecule has 196 valence electrons. The van der Waals surface area contributed by atoms with Crippen molar-refractivity contribution in [3.63, 3.8) is 0 Å². The highest BCUT2D eigenvalue weighted by Crippen LogP contribution is 2.40. The number of carbonyl (C=O) groups excluding carboxylic acids is 2. The molecule has 0 bridgehead atoms. The lowest BCUT2D eigenvalue weighted by Crippen LogP contribution is -2.71. The summed E-state index contributed by atoms with van der Waals surface area (Å²) in [4.78, 5) is 49.8. The number of aliphatic carboxylic acids is 1. The van der Waals surface area contributed by atoms with Gasteiger partial charge in [-0.05, 0) is 19.3 Å².